The van der Waals surface area contributed by atoms with Crippen LogP contribution in [0.25, 0.3) is 5.52 Å². The van der Waals surface area contributed by atoms with Crippen LogP contribution in [-0.4, -0.2) is 20.7 Å². The third-order valence-electron chi connectivity index (χ3n) is 4.88. The molecule has 0 saturated carbocycles. The van der Waals surface area contributed by atoms with E-state index in [9.17, 15) is 4.79 Å². The number of fused-ring (bicyclic) bond motifs is 2. The average Bonchev–Trinajstić information content (AvgIpc) is 3.10. The topological polar surface area (TPSA) is 51.3 Å². The van der Waals surface area contributed by atoms with Crippen LogP contribution in [0.2, 0.25) is 0 Å². The summed E-state index contributed by atoms with van der Waals surface area (Å²) in [5, 5.41) is 7.57. The first-order valence-corrected chi connectivity index (χ1v) is 8.66. The summed E-state index contributed by atoms with van der Waals surface area (Å²) >= 11 is 0. The Hall–Kier alpha value is -2.40. The molecule has 0 amide bonds. The zero-order valence-corrected chi connectivity index (χ0v) is 13.7. The largest absolute Gasteiger partial charge is 0.311 e. The molecule has 0 fully saturated rings. The SMILES string of the molecule is O=c1c2ccnn2ccn1CCNCc1cccc2c1CCCC2. The Labute approximate surface area is 140 Å². The Morgan fingerprint density at radius 3 is 3.00 bits per heavy atom. The third kappa shape index (κ3) is 2.87. The van der Waals surface area contributed by atoms with Gasteiger partial charge in [-0.3, -0.25) is 4.79 Å². The molecule has 0 aliphatic heterocycles. The van der Waals surface area contributed by atoms with Gasteiger partial charge in [0.25, 0.3) is 5.56 Å². The molecule has 4 rings (SSSR count). The van der Waals surface area contributed by atoms with Gasteiger partial charge >= 0.3 is 0 Å². The van der Waals surface area contributed by atoms with E-state index in [0.717, 1.165) is 13.1 Å². The zero-order valence-electron chi connectivity index (χ0n) is 13.7. The van der Waals surface area contributed by atoms with E-state index in [4.69, 9.17) is 0 Å². The van der Waals surface area contributed by atoms with Gasteiger partial charge in [-0.15, -0.1) is 0 Å². The fourth-order valence-electron chi connectivity index (χ4n) is 3.59. The number of nitrogens with zero attached hydrogens (tertiary/aromatic N) is 3. The highest BCUT2D eigenvalue weighted by atomic mass is 16.1. The number of hydrogen-bond acceptors (Lipinski definition) is 3. The number of aryl methyl sites for hydroxylation is 1. The minimum Gasteiger partial charge on any atom is -0.311 e. The van der Waals surface area contributed by atoms with Crippen LogP contribution in [0.3, 0.4) is 0 Å². The first kappa shape index (κ1) is 15.1. The van der Waals surface area contributed by atoms with E-state index in [1.54, 1.807) is 27.5 Å². The lowest BCUT2D eigenvalue weighted by molar-refractivity contribution is 0.578. The molecule has 5 nitrogen and oxygen atoms in total. The number of rotatable bonds is 5. The van der Waals surface area contributed by atoms with E-state index in [-0.39, 0.29) is 5.56 Å². The van der Waals surface area contributed by atoms with Crippen LogP contribution >= 0.6 is 0 Å². The number of hydrogen-bond donors (Lipinski definition) is 1. The van der Waals surface area contributed by atoms with E-state index >= 15 is 0 Å². The van der Waals surface area contributed by atoms with Gasteiger partial charge in [0.2, 0.25) is 0 Å². The second-order valence-corrected chi connectivity index (χ2v) is 6.40. The maximum Gasteiger partial charge on any atom is 0.276 e. The minimum atomic E-state index is 0.00823. The van der Waals surface area contributed by atoms with Crippen LogP contribution in [0, 0.1) is 0 Å². The first-order valence-electron chi connectivity index (χ1n) is 8.66. The van der Waals surface area contributed by atoms with Gasteiger partial charge in [-0.1, -0.05) is 18.2 Å². The molecule has 1 aromatic carbocycles. The molecule has 0 saturated heterocycles. The monoisotopic (exact) mass is 322 g/mol. The van der Waals surface area contributed by atoms with Gasteiger partial charge in [-0.2, -0.15) is 5.10 Å². The van der Waals surface area contributed by atoms with Crippen molar-refractivity contribution >= 4 is 5.52 Å². The van der Waals surface area contributed by atoms with Gasteiger partial charge in [-0.25, -0.2) is 4.52 Å². The predicted octanol–water partition coefficient (Wildman–Crippen LogP) is 2.16. The second-order valence-electron chi connectivity index (χ2n) is 6.40. The lowest BCUT2D eigenvalue weighted by Gasteiger charge is -2.19. The molecule has 0 spiro atoms. The number of aromatic nitrogens is 3. The van der Waals surface area contributed by atoms with Crippen LogP contribution in [0.5, 0.6) is 0 Å². The van der Waals surface area contributed by atoms with Gasteiger partial charge in [0, 0.05) is 32.0 Å². The summed E-state index contributed by atoms with van der Waals surface area (Å²) < 4.78 is 3.35. The van der Waals surface area contributed by atoms with Crippen LogP contribution < -0.4 is 10.9 Å². The minimum absolute atomic E-state index is 0.00823. The molecule has 0 unspecified atom stereocenters. The van der Waals surface area contributed by atoms with Gasteiger partial charge in [0.1, 0.15) is 5.52 Å². The Balaban J connectivity index is 1.39. The van der Waals surface area contributed by atoms with Gasteiger partial charge in [0.15, 0.2) is 0 Å². The van der Waals surface area contributed by atoms with E-state index in [2.05, 4.69) is 28.6 Å². The first-order chi connectivity index (χ1) is 11.8. The molecular weight excluding hydrogens is 300 g/mol. The van der Waals surface area contributed by atoms with Gasteiger partial charge < -0.3 is 9.88 Å². The van der Waals surface area contributed by atoms with E-state index < -0.39 is 0 Å². The standard InChI is InChI=1S/C19H22N4O/c24-19-18-8-9-21-23(18)13-12-22(19)11-10-20-14-16-6-3-5-15-4-1-2-7-17(15)16/h3,5-6,8-9,12-13,20H,1-2,4,7,10-11,14H2. The molecule has 24 heavy (non-hydrogen) atoms. The fourth-order valence-corrected chi connectivity index (χ4v) is 3.59. The summed E-state index contributed by atoms with van der Waals surface area (Å²) in [6.45, 7) is 2.30. The van der Waals surface area contributed by atoms with Crippen LogP contribution in [0.15, 0.2) is 47.7 Å². The van der Waals surface area contributed by atoms with Crippen molar-refractivity contribution in [1.29, 1.82) is 0 Å². The summed E-state index contributed by atoms with van der Waals surface area (Å²) in [5.74, 6) is 0. The normalized spacial score (nSPS) is 14.0. The van der Waals surface area contributed by atoms with Crippen LogP contribution in [0.1, 0.15) is 29.5 Å². The highest BCUT2D eigenvalue weighted by Crippen LogP contribution is 2.24. The fraction of sp³-hybridized carbons (Fsp3) is 0.368. The van der Waals surface area contributed by atoms with Crippen molar-refractivity contribution in [2.75, 3.05) is 6.54 Å². The van der Waals surface area contributed by atoms with Crippen molar-refractivity contribution in [3.63, 3.8) is 0 Å². The van der Waals surface area contributed by atoms with Crippen LogP contribution in [0.4, 0.5) is 0 Å². The summed E-state index contributed by atoms with van der Waals surface area (Å²) in [6.07, 6.45) is 10.3. The smallest absolute Gasteiger partial charge is 0.276 e. The van der Waals surface area contributed by atoms with E-state index in [1.165, 1.54) is 42.4 Å². The molecule has 0 bridgehead atoms. The molecular formula is C19H22N4O. The Bertz CT molecular complexity index is 909. The van der Waals surface area contributed by atoms with Crippen LogP contribution in [-0.2, 0) is 25.9 Å². The third-order valence-corrected chi connectivity index (χ3v) is 4.88. The summed E-state index contributed by atoms with van der Waals surface area (Å²) in [6, 6.07) is 8.40. The Morgan fingerprint density at radius 2 is 2.04 bits per heavy atom. The van der Waals surface area contributed by atoms with E-state index in [1.807, 2.05) is 6.20 Å². The predicted molar refractivity (Wildman–Crippen MR) is 94.2 cm³/mol. The van der Waals surface area contributed by atoms with E-state index in [0.29, 0.717) is 12.1 Å². The molecule has 1 aliphatic carbocycles. The molecule has 5 heteroatoms. The van der Waals surface area contributed by atoms with Crippen molar-refractivity contribution in [3.05, 3.63) is 69.9 Å². The average molecular weight is 322 g/mol. The molecule has 0 radical (unpaired) electrons. The maximum atomic E-state index is 12.3. The van der Waals surface area contributed by atoms with Crippen molar-refractivity contribution in [2.24, 2.45) is 0 Å². The summed E-state index contributed by atoms with van der Waals surface area (Å²) in [5.41, 5.74) is 5.09. The molecule has 2 aromatic heterocycles. The quantitative estimate of drug-likeness (QED) is 0.733. The zero-order chi connectivity index (χ0) is 16.4. The highest BCUT2D eigenvalue weighted by Gasteiger charge is 2.12. The van der Waals surface area contributed by atoms with Gasteiger partial charge in [0.05, 0.1) is 6.20 Å². The van der Waals surface area contributed by atoms with Crippen molar-refractivity contribution in [1.82, 2.24) is 19.5 Å². The maximum absolute atomic E-state index is 12.3. The summed E-state index contributed by atoms with van der Waals surface area (Å²) in [4.78, 5) is 12.3. The van der Waals surface area contributed by atoms with Crippen molar-refractivity contribution in [3.8, 4) is 0 Å². The summed E-state index contributed by atoms with van der Waals surface area (Å²) in [7, 11) is 0. The van der Waals surface area contributed by atoms with Crippen molar-refractivity contribution < 1.29 is 0 Å². The number of nitrogens with one attached hydrogen (secondary N) is 1. The molecule has 124 valence electrons. The van der Waals surface area contributed by atoms with Crippen molar-refractivity contribution in [2.45, 2.75) is 38.8 Å². The lowest BCUT2D eigenvalue weighted by Crippen LogP contribution is -2.27. The Morgan fingerprint density at radius 1 is 1.12 bits per heavy atom. The molecule has 1 N–H and O–H groups in total. The van der Waals surface area contributed by atoms with Gasteiger partial charge in [-0.05, 0) is 48.4 Å². The molecule has 3 aromatic rings. The lowest BCUT2D eigenvalue weighted by atomic mass is 9.88. The Kier molecular flexibility index (Phi) is 4.17. The molecule has 1 aliphatic rings. The molecule has 2 heterocycles. The molecule has 0 atom stereocenters. The second kappa shape index (κ2) is 6.61. The highest BCUT2D eigenvalue weighted by molar-refractivity contribution is 5.42. The number of benzene rings is 1.